The van der Waals surface area contributed by atoms with Crippen molar-refractivity contribution in [3.8, 4) is 0 Å². The van der Waals surface area contributed by atoms with Gasteiger partial charge in [-0.1, -0.05) is 6.42 Å². The van der Waals surface area contributed by atoms with Crippen molar-refractivity contribution in [3.63, 3.8) is 0 Å². The molecule has 2 rings (SSSR count). The van der Waals surface area contributed by atoms with Crippen LogP contribution in [0, 0.1) is 13.8 Å². The number of hydrogen-bond acceptors (Lipinski definition) is 4. The van der Waals surface area contributed by atoms with Crippen molar-refractivity contribution < 1.29 is 0 Å². The van der Waals surface area contributed by atoms with Crippen LogP contribution in [0.4, 0.5) is 0 Å². The van der Waals surface area contributed by atoms with Crippen LogP contribution in [0.15, 0.2) is 4.79 Å². The molecule has 2 heterocycles. The molecule has 21 heavy (non-hydrogen) atoms. The molecule has 2 unspecified atom stereocenters. The van der Waals surface area contributed by atoms with Crippen LogP contribution >= 0.6 is 0 Å². The van der Waals surface area contributed by atoms with Gasteiger partial charge in [0.1, 0.15) is 5.82 Å². The smallest absolute Gasteiger partial charge is 0.255 e. The Balaban J connectivity index is 1.97. The van der Waals surface area contributed by atoms with E-state index in [0.717, 1.165) is 17.8 Å². The molecule has 1 aromatic heterocycles. The number of aryl methyl sites for hydroxylation is 2. The lowest BCUT2D eigenvalue weighted by atomic mass is 10.1. The largest absolute Gasteiger partial charge is 0.310 e. The molecule has 0 spiro atoms. The Bertz CT molecular complexity index is 519. The molecule has 2 atom stereocenters. The normalized spacial score (nSPS) is 19.4. The van der Waals surface area contributed by atoms with E-state index in [1.165, 1.54) is 32.4 Å². The number of aromatic amines is 1. The van der Waals surface area contributed by atoms with Crippen LogP contribution in [-0.4, -0.2) is 40.5 Å². The SMILES string of the molecule is Cc1nc(C)c(C(C)NC(C)CN2CCCCC2)c(=O)[nH]1. The van der Waals surface area contributed by atoms with Gasteiger partial charge in [-0.2, -0.15) is 0 Å². The van der Waals surface area contributed by atoms with Crippen molar-refractivity contribution >= 4 is 0 Å². The van der Waals surface area contributed by atoms with Crippen molar-refractivity contribution in [2.24, 2.45) is 0 Å². The van der Waals surface area contributed by atoms with Crippen molar-refractivity contribution in [1.82, 2.24) is 20.2 Å². The average Bonchev–Trinajstić information content (AvgIpc) is 2.38. The first kappa shape index (κ1) is 16.2. The van der Waals surface area contributed by atoms with E-state index in [1.54, 1.807) is 0 Å². The molecule has 2 N–H and O–H groups in total. The van der Waals surface area contributed by atoms with Crippen LogP contribution in [0.3, 0.4) is 0 Å². The number of likely N-dealkylation sites (tertiary alicyclic amines) is 1. The summed E-state index contributed by atoms with van der Waals surface area (Å²) < 4.78 is 0. The molecule has 1 aliphatic rings. The summed E-state index contributed by atoms with van der Waals surface area (Å²) >= 11 is 0. The predicted octanol–water partition coefficient (Wildman–Crippen LogP) is 1.91. The molecule has 1 saturated heterocycles. The highest BCUT2D eigenvalue weighted by Gasteiger charge is 2.18. The molecule has 0 aromatic carbocycles. The monoisotopic (exact) mass is 292 g/mol. The number of aromatic nitrogens is 2. The number of rotatable bonds is 5. The van der Waals surface area contributed by atoms with Crippen LogP contribution in [0.2, 0.25) is 0 Å². The zero-order valence-corrected chi connectivity index (χ0v) is 13.7. The maximum atomic E-state index is 12.1. The third kappa shape index (κ3) is 4.38. The summed E-state index contributed by atoms with van der Waals surface area (Å²) in [6.07, 6.45) is 3.98. The van der Waals surface area contributed by atoms with E-state index in [-0.39, 0.29) is 11.6 Å². The molecule has 5 nitrogen and oxygen atoms in total. The predicted molar refractivity (Wildman–Crippen MR) is 85.6 cm³/mol. The maximum Gasteiger partial charge on any atom is 0.255 e. The molecular weight excluding hydrogens is 264 g/mol. The highest BCUT2D eigenvalue weighted by molar-refractivity contribution is 5.20. The fourth-order valence-electron chi connectivity index (χ4n) is 3.34. The molecule has 0 radical (unpaired) electrons. The van der Waals surface area contributed by atoms with E-state index in [2.05, 4.69) is 27.1 Å². The summed E-state index contributed by atoms with van der Waals surface area (Å²) in [5.41, 5.74) is 1.55. The first-order valence-corrected chi connectivity index (χ1v) is 8.03. The molecule has 118 valence electrons. The van der Waals surface area contributed by atoms with E-state index < -0.39 is 0 Å². The minimum absolute atomic E-state index is 0.0154. The second-order valence-electron chi connectivity index (χ2n) is 6.30. The third-order valence-electron chi connectivity index (χ3n) is 4.21. The van der Waals surface area contributed by atoms with E-state index in [9.17, 15) is 4.79 Å². The second-order valence-corrected chi connectivity index (χ2v) is 6.30. The van der Waals surface area contributed by atoms with Gasteiger partial charge in [-0.15, -0.1) is 0 Å². The Kier molecular flexibility index (Phi) is 5.53. The van der Waals surface area contributed by atoms with E-state index in [4.69, 9.17) is 0 Å². The molecule has 0 amide bonds. The lowest BCUT2D eigenvalue weighted by Gasteiger charge is -2.30. The molecule has 1 aliphatic heterocycles. The van der Waals surface area contributed by atoms with E-state index in [1.807, 2.05) is 20.8 Å². The highest BCUT2D eigenvalue weighted by Crippen LogP contribution is 2.13. The van der Waals surface area contributed by atoms with Crippen molar-refractivity contribution in [2.45, 2.75) is 59.0 Å². The van der Waals surface area contributed by atoms with Crippen LogP contribution < -0.4 is 10.9 Å². The van der Waals surface area contributed by atoms with Gasteiger partial charge in [-0.25, -0.2) is 4.98 Å². The fourth-order valence-corrected chi connectivity index (χ4v) is 3.34. The van der Waals surface area contributed by atoms with Gasteiger partial charge in [0, 0.05) is 24.3 Å². The van der Waals surface area contributed by atoms with Gasteiger partial charge < -0.3 is 15.2 Å². The maximum absolute atomic E-state index is 12.1. The number of piperidine rings is 1. The average molecular weight is 292 g/mol. The minimum atomic E-state index is -0.0230. The molecule has 1 fully saturated rings. The quantitative estimate of drug-likeness (QED) is 0.870. The molecule has 0 aliphatic carbocycles. The van der Waals surface area contributed by atoms with Gasteiger partial charge in [0.15, 0.2) is 0 Å². The zero-order chi connectivity index (χ0) is 15.4. The summed E-state index contributed by atoms with van der Waals surface area (Å²) in [7, 11) is 0. The zero-order valence-electron chi connectivity index (χ0n) is 13.7. The Hall–Kier alpha value is -1.20. The molecule has 5 heteroatoms. The summed E-state index contributed by atoms with van der Waals surface area (Å²) in [6.45, 7) is 11.4. The van der Waals surface area contributed by atoms with Crippen molar-refractivity contribution in [3.05, 3.63) is 27.4 Å². The third-order valence-corrected chi connectivity index (χ3v) is 4.21. The van der Waals surface area contributed by atoms with Crippen LogP contribution in [0.5, 0.6) is 0 Å². The van der Waals surface area contributed by atoms with Gasteiger partial charge in [-0.05, 0) is 53.6 Å². The number of H-pyrrole nitrogens is 1. The number of hydrogen-bond donors (Lipinski definition) is 2. The van der Waals surface area contributed by atoms with Gasteiger partial charge >= 0.3 is 0 Å². The summed E-state index contributed by atoms with van der Waals surface area (Å²) in [6, 6.07) is 0.375. The summed E-state index contributed by atoms with van der Waals surface area (Å²) in [4.78, 5) is 21.8. The van der Waals surface area contributed by atoms with E-state index in [0.29, 0.717) is 11.9 Å². The fraction of sp³-hybridized carbons (Fsp3) is 0.750. The van der Waals surface area contributed by atoms with Crippen LogP contribution in [0.1, 0.15) is 56.2 Å². The van der Waals surface area contributed by atoms with Crippen molar-refractivity contribution in [1.29, 1.82) is 0 Å². The van der Waals surface area contributed by atoms with Gasteiger partial charge in [0.05, 0.1) is 5.56 Å². The summed E-state index contributed by atoms with van der Waals surface area (Å²) in [5, 5.41) is 3.54. The molecule has 1 aromatic rings. The summed E-state index contributed by atoms with van der Waals surface area (Å²) in [5.74, 6) is 0.676. The van der Waals surface area contributed by atoms with Crippen LogP contribution in [-0.2, 0) is 0 Å². The Morgan fingerprint density at radius 1 is 1.24 bits per heavy atom. The Morgan fingerprint density at radius 3 is 2.52 bits per heavy atom. The number of nitrogens with one attached hydrogen (secondary N) is 2. The Labute approximate surface area is 127 Å². The van der Waals surface area contributed by atoms with Gasteiger partial charge in [0.2, 0.25) is 0 Å². The van der Waals surface area contributed by atoms with Gasteiger partial charge in [-0.3, -0.25) is 4.79 Å². The first-order valence-electron chi connectivity index (χ1n) is 8.03. The standard InChI is InChI=1S/C16H28N4O/c1-11(10-20-8-6-5-7-9-20)17-12(2)15-13(3)18-14(4)19-16(15)21/h11-12,17H,5-10H2,1-4H3,(H,18,19,21). The second kappa shape index (κ2) is 7.18. The topological polar surface area (TPSA) is 61.0 Å². The highest BCUT2D eigenvalue weighted by atomic mass is 16.1. The van der Waals surface area contributed by atoms with Crippen LogP contribution in [0.25, 0.3) is 0 Å². The molecule has 0 bridgehead atoms. The minimum Gasteiger partial charge on any atom is -0.310 e. The Morgan fingerprint density at radius 2 is 1.90 bits per heavy atom. The molecule has 0 saturated carbocycles. The first-order chi connectivity index (χ1) is 9.97. The van der Waals surface area contributed by atoms with E-state index >= 15 is 0 Å². The lowest BCUT2D eigenvalue weighted by molar-refractivity contribution is 0.205. The van der Waals surface area contributed by atoms with Crippen molar-refractivity contribution in [2.75, 3.05) is 19.6 Å². The van der Waals surface area contributed by atoms with Gasteiger partial charge in [0.25, 0.3) is 5.56 Å². The molecular formula is C16H28N4O. The lowest BCUT2D eigenvalue weighted by Crippen LogP contribution is -2.43. The number of nitrogens with zero attached hydrogens (tertiary/aromatic N) is 2.